The van der Waals surface area contributed by atoms with Gasteiger partial charge in [0.25, 0.3) is 0 Å². The second kappa shape index (κ2) is 47.6. The molecular weight excluding hydrogens is 1800 g/mol. The van der Waals surface area contributed by atoms with Crippen molar-refractivity contribution in [1.82, 2.24) is 92.9 Å². The molecule has 145 heavy (non-hydrogen) atoms. The first kappa shape index (κ1) is 134. The molecular formula is C122H219N19O4. The van der Waals surface area contributed by atoms with Crippen LogP contribution in [0, 0.1) is 13.8 Å². The molecule has 0 aromatic carbocycles. The molecule has 0 aliphatic heterocycles. The monoisotopic (exact) mass is 2010 g/mol. The number of imidazole rings is 3. The van der Waals surface area contributed by atoms with Crippen LogP contribution in [0.4, 0.5) is 0 Å². The molecule has 0 N–H and O–H groups in total. The summed E-state index contributed by atoms with van der Waals surface area (Å²) >= 11 is 0. The number of oxazole rings is 3. The van der Waals surface area contributed by atoms with Crippen LogP contribution in [0.2, 0.25) is 0 Å². The van der Waals surface area contributed by atoms with E-state index in [1.807, 2.05) is 35.9 Å². The van der Waals surface area contributed by atoms with Gasteiger partial charge in [-0.1, -0.05) is 312 Å². The first-order valence-corrected chi connectivity index (χ1v) is 52.8. The zero-order valence-electron chi connectivity index (χ0n) is 106. The van der Waals surface area contributed by atoms with Crippen molar-refractivity contribution in [1.29, 1.82) is 0 Å². The Morgan fingerprint density at radius 2 is 0.621 bits per heavy atom. The number of aryl methyl sites for hydroxylation is 1. The largest absolute Gasteiger partial charge is 0.448 e. The lowest BCUT2D eigenvalue weighted by molar-refractivity contribution is 0.303. The first-order valence-electron chi connectivity index (χ1n) is 52.8. The minimum absolute atomic E-state index is 0.00347. The number of nitrogens with zero attached hydrogens (tertiary/aromatic N) is 19. The van der Waals surface area contributed by atoms with Crippen LogP contribution in [0.15, 0.2) is 111 Å². The van der Waals surface area contributed by atoms with Gasteiger partial charge in [-0.3, -0.25) is 4.68 Å². The van der Waals surface area contributed by atoms with Gasteiger partial charge in [-0.25, -0.2) is 29.9 Å². The molecule has 826 valence electrons. The van der Waals surface area contributed by atoms with Gasteiger partial charge in [-0.15, -0.1) is 20.4 Å². The maximum atomic E-state index is 5.70. The Bertz CT molecular complexity index is 4430. The van der Waals surface area contributed by atoms with Gasteiger partial charge in [0.2, 0.25) is 11.8 Å². The highest BCUT2D eigenvalue weighted by atomic mass is 16.4. The maximum Gasteiger partial charge on any atom is 0.221 e. The Kier molecular flexibility index (Phi) is 44.1. The van der Waals surface area contributed by atoms with Crippen LogP contribution in [-0.2, 0) is 120 Å². The zero-order chi connectivity index (χ0) is 115. The summed E-state index contributed by atoms with van der Waals surface area (Å²) < 4.78 is 35.6. The van der Waals surface area contributed by atoms with E-state index in [9.17, 15) is 0 Å². The molecule has 0 atom stereocenters. The molecule has 0 aliphatic rings. The third kappa shape index (κ3) is 45.7. The van der Waals surface area contributed by atoms with Gasteiger partial charge >= 0.3 is 0 Å². The zero-order valence-corrected chi connectivity index (χ0v) is 106. The third-order valence-corrected chi connectivity index (χ3v) is 22.8. The van der Waals surface area contributed by atoms with Crippen LogP contribution in [0.1, 0.15) is 555 Å². The number of tetrazole rings is 1. The molecule has 0 spiro atoms. The van der Waals surface area contributed by atoms with Crippen LogP contribution in [-0.4, -0.2) is 92.9 Å². The molecule has 23 nitrogen and oxygen atoms in total. The van der Waals surface area contributed by atoms with E-state index in [0.29, 0.717) is 11.8 Å². The lowest BCUT2D eigenvalue weighted by Gasteiger charge is -2.24. The molecule has 0 bridgehead atoms. The minimum Gasteiger partial charge on any atom is -0.448 e. The van der Waals surface area contributed by atoms with E-state index in [-0.39, 0.29) is 120 Å². The van der Waals surface area contributed by atoms with E-state index in [2.05, 4.69) is 610 Å². The van der Waals surface area contributed by atoms with Gasteiger partial charge in [0.15, 0.2) is 23.5 Å². The molecule has 0 saturated heterocycles. The molecule has 0 radical (unpaired) electrons. The number of hydrogen-bond acceptors (Lipinski definition) is 16. The maximum absolute atomic E-state index is 5.70. The van der Waals surface area contributed by atoms with Crippen molar-refractivity contribution in [2.24, 2.45) is 0 Å². The number of rotatable bonds is 0. The van der Waals surface area contributed by atoms with Gasteiger partial charge < -0.3 is 40.5 Å². The quantitative estimate of drug-likeness (QED) is 0.137. The van der Waals surface area contributed by atoms with Gasteiger partial charge in [0, 0.05) is 142 Å². The summed E-state index contributed by atoms with van der Waals surface area (Å²) in [5, 5.41) is 24.9. The Labute approximate surface area is 886 Å². The molecule has 11 heterocycles. The lowest BCUT2D eigenvalue weighted by atomic mass is 9.89. The summed E-state index contributed by atoms with van der Waals surface area (Å²) in [6.45, 7) is 146. The molecule has 11 aromatic heterocycles. The fourth-order valence-electron chi connectivity index (χ4n) is 12.5. The van der Waals surface area contributed by atoms with E-state index >= 15 is 0 Å². The molecule has 11 aromatic rings. The molecule has 0 saturated carbocycles. The summed E-state index contributed by atoms with van der Waals surface area (Å²) in [5.41, 5.74) is 11.9. The van der Waals surface area contributed by atoms with Crippen LogP contribution >= 0.6 is 0 Å². The van der Waals surface area contributed by atoms with Crippen molar-refractivity contribution in [3.63, 3.8) is 0 Å². The van der Waals surface area contributed by atoms with Crippen LogP contribution in [0.3, 0.4) is 0 Å². The van der Waals surface area contributed by atoms with E-state index < -0.39 is 0 Å². The van der Waals surface area contributed by atoms with Crippen molar-refractivity contribution in [3.8, 4) is 0 Å². The fraction of sp³-hybridized carbons (Fsp3) is 0.738. The molecule has 0 aliphatic carbocycles. The van der Waals surface area contributed by atoms with Crippen molar-refractivity contribution < 1.29 is 17.7 Å². The third-order valence-electron chi connectivity index (χ3n) is 22.8. The smallest absolute Gasteiger partial charge is 0.221 e. The normalized spacial score (nSPS) is 13.4. The first-order chi connectivity index (χ1) is 63.7. The predicted octanol–water partition coefficient (Wildman–Crippen LogP) is 33.6. The van der Waals surface area contributed by atoms with Crippen molar-refractivity contribution in [2.75, 3.05) is 0 Å². The highest BCUT2D eigenvalue weighted by Gasteiger charge is 2.34. The highest BCUT2D eigenvalue weighted by molar-refractivity contribution is 5.25. The second-order valence-electron chi connectivity index (χ2n) is 61.9. The molecule has 0 amide bonds. The summed E-state index contributed by atoms with van der Waals surface area (Å²) in [7, 11) is 0. The minimum atomic E-state index is -0.0868. The average molecular weight is 2020 g/mol. The Hall–Kier alpha value is -8.76. The fourth-order valence-corrected chi connectivity index (χ4v) is 12.5. The summed E-state index contributed by atoms with van der Waals surface area (Å²) in [5.74, 6) is 7.67. The lowest BCUT2D eigenvalue weighted by Crippen LogP contribution is -2.25. The Morgan fingerprint density at radius 3 is 0.800 bits per heavy atom. The molecule has 23 heteroatoms. The van der Waals surface area contributed by atoms with Crippen molar-refractivity contribution >= 4 is 0 Å². The summed E-state index contributed by atoms with van der Waals surface area (Å²) in [6.07, 6.45) is 26.6. The highest BCUT2D eigenvalue weighted by Crippen LogP contribution is 2.37. The Morgan fingerprint density at radius 1 is 0.255 bits per heavy atom. The van der Waals surface area contributed by atoms with E-state index in [0.717, 1.165) is 52.2 Å². The van der Waals surface area contributed by atoms with Gasteiger partial charge in [-0.2, -0.15) is 9.90 Å². The van der Waals surface area contributed by atoms with Crippen LogP contribution in [0.25, 0.3) is 0 Å². The van der Waals surface area contributed by atoms with E-state index in [4.69, 9.17) is 17.7 Å². The number of aromatic nitrogens is 19. The van der Waals surface area contributed by atoms with Gasteiger partial charge in [0.05, 0.1) is 65.1 Å². The second-order valence-corrected chi connectivity index (χ2v) is 61.9. The molecule has 0 unspecified atom stereocenters. The van der Waals surface area contributed by atoms with Crippen molar-refractivity contribution in [2.45, 2.75) is 591 Å². The topological polar surface area (TPSA) is 242 Å². The predicted molar refractivity (Wildman–Crippen MR) is 614 cm³/mol. The van der Waals surface area contributed by atoms with E-state index in [1.165, 1.54) is 33.8 Å². The molecule has 0 fully saturated rings. The van der Waals surface area contributed by atoms with Gasteiger partial charge in [0.1, 0.15) is 23.6 Å². The summed E-state index contributed by atoms with van der Waals surface area (Å²) in [6, 6.07) is 4.43. The summed E-state index contributed by atoms with van der Waals surface area (Å²) in [4.78, 5) is 28.3. The molecule has 11 rings (SSSR count). The standard InChI is InChI=1S/2C12H22N2.2C12H21N.2C11H20N2.3C11H19NO.C10H18N2O.C9H18N4/c1-9-10(11(2,3)4)13-8-14(9)12(5,6)7;1-9-13-10(11(2,3)4)8-14(9)12(5,6)7;2*1-11(2,3)10-7-8-13(9-10)12(4,5)6;1-10(2,3)9-7-13(8-12-9)11(4,5)6;1-10(2,3)9-7-12-13(8-9)11(4,5)6;1-10(2,3)8-7-13-9(12-8)11(4,5)6;2*1-10(2,3)8-7-12-9(13-8)11(4,5)6;1-9(2,3)7-11-12-8(13-7)10(4,5)6;1-8(2,3)7-10-12-13(11-7)9(4,5)6/h2*8H,1-7H3;2*7-9H,1-6H3;2*7-8H,1-6H3;3*7H,1-6H3;2*1-6H3. The Balaban J connectivity index is 0.000000798. The van der Waals surface area contributed by atoms with Crippen LogP contribution < -0.4 is 0 Å². The van der Waals surface area contributed by atoms with E-state index in [1.54, 1.807) is 11.1 Å². The number of hydrogen-bond donors (Lipinski definition) is 0. The average Bonchev–Trinajstić information content (AvgIpc) is 1.65. The SMILES string of the molecule is CC(C)(C)c1ccn(C(C)(C)C)c1.CC(C)(C)c1ccn(C(C)(C)C)c1.CC(C)(C)c1cn(C(C)(C)C)cn1.CC(C)(C)c1cnc(C(C)(C)C)o1.CC(C)(C)c1cnc(C(C)(C)C)o1.CC(C)(C)c1cnn(C(C)(C)C)c1.CC(C)(C)c1coc(C(C)(C)C)n1.CC(C)(C)c1nnc(C(C)(C)C)o1.CC(C)(C)c1nnn(C(C)(C)C)n1.Cc1c(C(C)(C)C)ncn1C(C)(C)C.Cc1nc(C(C)(C)C)cn1C(C)(C)C. The van der Waals surface area contributed by atoms with Gasteiger partial charge in [-0.05, 0) is 210 Å². The van der Waals surface area contributed by atoms with Crippen LogP contribution in [0.5, 0.6) is 0 Å². The van der Waals surface area contributed by atoms with Crippen molar-refractivity contribution in [3.05, 3.63) is 191 Å².